The standard InChI is InChI=1S/C23H26N4O2/c1-14-10-11-17(27-23(29)21(25)13-24)12-20(14)22(28)26-15(2)18-9-5-7-16-6-3-4-8-19(16)18/h3-12,15,21H,13,24-25H2,1-2H3,(H,26,28)(H,27,29)/t15-,21+/m1/s1. The summed E-state index contributed by atoms with van der Waals surface area (Å²) in [6.07, 6.45) is 0. The van der Waals surface area contributed by atoms with Crippen LogP contribution in [0.15, 0.2) is 60.7 Å². The van der Waals surface area contributed by atoms with Crippen molar-refractivity contribution in [3.8, 4) is 0 Å². The molecule has 0 fully saturated rings. The van der Waals surface area contributed by atoms with Crippen molar-refractivity contribution in [2.24, 2.45) is 11.5 Å². The Bertz CT molecular complexity index is 1040. The van der Waals surface area contributed by atoms with E-state index < -0.39 is 6.04 Å². The number of nitrogens with one attached hydrogen (secondary N) is 2. The van der Waals surface area contributed by atoms with Crippen molar-refractivity contribution in [3.05, 3.63) is 77.4 Å². The predicted octanol–water partition coefficient (Wildman–Crippen LogP) is 2.86. The number of rotatable bonds is 6. The third-order valence-electron chi connectivity index (χ3n) is 4.98. The molecular formula is C23H26N4O2. The molecule has 150 valence electrons. The summed E-state index contributed by atoms with van der Waals surface area (Å²) >= 11 is 0. The number of hydrogen-bond acceptors (Lipinski definition) is 4. The molecular weight excluding hydrogens is 364 g/mol. The summed E-state index contributed by atoms with van der Waals surface area (Å²) in [7, 11) is 0. The summed E-state index contributed by atoms with van der Waals surface area (Å²) in [6, 6.07) is 18.4. The molecule has 0 aliphatic heterocycles. The first-order valence-electron chi connectivity index (χ1n) is 9.56. The summed E-state index contributed by atoms with van der Waals surface area (Å²) in [5.41, 5.74) is 13.9. The molecule has 6 heteroatoms. The highest BCUT2D eigenvalue weighted by Crippen LogP contribution is 2.25. The molecule has 3 aromatic carbocycles. The molecule has 0 unspecified atom stereocenters. The second-order valence-corrected chi connectivity index (χ2v) is 7.12. The highest BCUT2D eigenvalue weighted by molar-refractivity contribution is 6.00. The number of aryl methyl sites for hydroxylation is 1. The molecule has 0 spiro atoms. The van der Waals surface area contributed by atoms with Gasteiger partial charge in [-0.2, -0.15) is 0 Å². The fourth-order valence-corrected chi connectivity index (χ4v) is 3.27. The first kappa shape index (κ1) is 20.5. The monoisotopic (exact) mass is 390 g/mol. The highest BCUT2D eigenvalue weighted by atomic mass is 16.2. The molecule has 0 aliphatic rings. The van der Waals surface area contributed by atoms with Crippen LogP contribution in [0.3, 0.4) is 0 Å². The number of benzene rings is 3. The molecule has 2 atom stereocenters. The average Bonchev–Trinajstić information content (AvgIpc) is 2.73. The Morgan fingerprint density at radius 2 is 1.76 bits per heavy atom. The molecule has 29 heavy (non-hydrogen) atoms. The van der Waals surface area contributed by atoms with Crippen molar-refractivity contribution < 1.29 is 9.59 Å². The zero-order valence-electron chi connectivity index (χ0n) is 16.6. The van der Waals surface area contributed by atoms with Crippen LogP contribution in [0, 0.1) is 6.92 Å². The molecule has 0 heterocycles. The number of hydrogen-bond donors (Lipinski definition) is 4. The molecule has 0 aliphatic carbocycles. The van der Waals surface area contributed by atoms with Gasteiger partial charge in [0.2, 0.25) is 5.91 Å². The maximum Gasteiger partial charge on any atom is 0.252 e. The van der Waals surface area contributed by atoms with Crippen LogP contribution in [0.25, 0.3) is 10.8 Å². The zero-order chi connectivity index (χ0) is 21.0. The molecule has 0 saturated carbocycles. The Kier molecular flexibility index (Phi) is 6.26. The SMILES string of the molecule is Cc1ccc(NC(=O)[C@@H](N)CN)cc1C(=O)N[C@H](C)c1cccc2ccccc12. The zero-order valence-corrected chi connectivity index (χ0v) is 16.6. The van der Waals surface area contributed by atoms with E-state index in [9.17, 15) is 9.59 Å². The molecule has 0 bridgehead atoms. The smallest absolute Gasteiger partial charge is 0.252 e. The van der Waals surface area contributed by atoms with Gasteiger partial charge in [0.05, 0.1) is 12.1 Å². The summed E-state index contributed by atoms with van der Waals surface area (Å²) in [5.74, 6) is -0.589. The molecule has 2 amide bonds. The minimum absolute atomic E-state index is 0.0492. The summed E-state index contributed by atoms with van der Waals surface area (Å²) < 4.78 is 0. The fraction of sp³-hybridized carbons (Fsp3) is 0.217. The minimum Gasteiger partial charge on any atom is -0.345 e. The van der Waals surface area contributed by atoms with Crippen molar-refractivity contribution in [1.29, 1.82) is 0 Å². The van der Waals surface area contributed by atoms with E-state index in [4.69, 9.17) is 11.5 Å². The van der Waals surface area contributed by atoms with Crippen molar-refractivity contribution >= 4 is 28.3 Å². The lowest BCUT2D eigenvalue weighted by Crippen LogP contribution is -2.41. The molecule has 0 saturated heterocycles. The lowest BCUT2D eigenvalue weighted by atomic mass is 9.99. The second-order valence-electron chi connectivity index (χ2n) is 7.12. The van der Waals surface area contributed by atoms with Crippen LogP contribution in [-0.4, -0.2) is 24.4 Å². The van der Waals surface area contributed by atoms with Gasteiger partial charge in [0.15, 0.2) is 0 Å². The van der Waals surface area contributed by atoms with Gasteiger partial charge in [0.25, 0.3) is 5.91 Å². The van der Waals surface area contributed by atoms with Crippen molar-refractivity contribution in [3.63, 3.8) is 0 Å². The predicted molar refractivity (Wildman–Crippen MR) is 117 cm³/mol. The Hall–Kier alpha value is -3.22. The number of carbonyl (C=O) groups excluding carboxylic acids is 2. The van der Waals surface area contributed by atoms with Gasteiger partial charge < -0.3 is 22.1 Å². The van der Waals surface area contributed by atoms with E-state index in [2.05, 4.69) is 28.8 Å². The highest BCUT2D eigenvalue weighted by Gasteiger charge is 2.17. The van der Waals surface area contributed by atoms with Crippen LogP contribution in [-0.2, 0) is 4.79 Å². The fourth-order valence-electron chi connectivity index (χ4n) is 3.27. The second kappa shape index (κ2) is 8.86. The quantitative estimate of drug-likeness (QED) is 0.519. The molecule has 6 nitrogen and oxygen atoms in total. The van der Waals surface area contributed by atoms with E-state index in [0.29, 0.717) is 11.3 Å². The van der Waals surface area contributed by atoms with E-state index in [1.54, 1.807) is 18.2 Å². The lowest BCUT2D eigenvalue weighted by Gasteiger charge is -2.18. The maximum absolute atomic E-state index is 12.9. The van der Waals surface area contributed by atoms with E-state index in [0.717, 1.165) is 21.9 Å². The van der Waals surface area contributed by atoms with Gasteiger partial charge in [-0.1, -0.05) is 48.5 Å². The molecule has 3 aromatic rings. The Balaban J connectivity index is 1.81. The van der Waals surface area contributed by atoms with Gasteiger partial charge in [-0.15, -0.1) is 0 Å². The molecule has 0 aromatic heterocycles. The van der Waals surface area contributed by atoms with Crippen LogP contribution >= 0.6 is 0 Å². The molecule has 3 rings (SSSR count). The van der Waals surface area contributed by atoms with Crippen LogP contribution in [0.4, 0.5) is 5.69 Å². The van der Waals surface area contributed by atoms with Gasteiger partial charge in [-0.3, -0.25) is 9.59 Å². The molecule has 6 N–H and O–H groups in total. The van der Waals surface area contributed by atoms with Gasteiger partial charge >= 0.3 is 0 Å². The van der Waals surface area contributed by atoms with E-state index >= 15 is 0 Å². The normalized spacial score (nSPS) is 13.0. The Morgan fingerprint density at radius 1 is 1.03 bits per heavy atom. The van der Waals surface area contributed by atoms with Gasteiger partial charge in [-0.05, 0) is 47.9 Å². The van der Waals surface area contributed by atoms with E-state index in [-0.39, 0.29) is 24.4 Å². The van der Waals surface area contributed by atoms with Crippen molar-refractivity contribution in [1.82, 2.24) is 5.32 Å². The molecule has 0 radical (unpaired) electrons. The van der Waals surface area contributed by atoms with Crippen LogP contribution in [0.5, 0.6) is 0 Å². The van der Waals surface area contributed by atoms with Crippen LogP contribution < -0.4 is 22.1 Å². The number of anilines is 1. The van der Waals surface area contributed by atoms with Gasteiger partial charge in [0, 0.05) is 17.8 Å². The summed E-state index contributed by atoms with van der Waals surface area (Å²) in [5, 5.41) is 8.00. The van der Waals surface area contributed by atoms with E-state index in [1.807, 2.05) is 38.1 Å². The first-order valence-corrected chi connectivity index (χ1v) is 9.56. The van der Waals surface area contributed by atoms with E-state index in [1.165, 1.54) is 0 Å². The largest absolute Gasteiger partial charge is 0.345 e. The number of fused-ring (bicyclic) bond motifs is 1. The Labute approximate surface area is 170 Å². The maximum atomic E-state index is 12.9. The minimum atomic E-state index is -0.792. The van der Waals surface area contributed by atoms with Gasteiger partial charge in [-0.25, -0.2) is 0 Å². The summed E-state index contributed by atoms with van der Waals surface area (Å²) in [4.78, 5) is 24.9. The van der Waals surface area contributed by atoms with Crippen molar-refractivity contribution in [2.75, 3.05) is 11.9 Å². The van der Waals surface area contributed by atoms with Gasteiger partial charge in [0.1, 0.15) is 0 Å². The third kappa shape index (κ3) is 4.62. The Morgan fingerprint density at radius 3 is 2.52 bits per heavy atom. The van der Waals surface area contributed by atoms with Crippen LogP contribution in [0.1, 0.15) is 34.5 Å². The van der Waals surface area contributed by atoms with Crippen molar-refractivity contribution in [2.45, 2.75) is 25.9 Å². The average molecular weight is 390 g/mol. The lowest BCUT2D eigenvalue weighted by molar-refractivity contribution is -0.117. The third-order valence-corrected chi connectivity index (χ3v) is 4.98. The van der Waals surface area contributed by atoms with Crippen LogP contribution in [0.2, 0.25) is 0 Å². The first-order chi connectivity index (χ1) is 13.9. The topological polar surface area (TPSA) is 110 Å². The number of amides is 2. The summed E-state index contributed by atoms with van der Waals surface area (Å²) in [6.45, 7) is 3.86. The number of nitrogens with two attached hydrogens (primary N) is 2. The number of carbonyl (C=O) groups is 2.